The van der Waals surface area contributed by atoms with Crippen LogP contribution in [-0.2, 0) is 4.79 Å². The van der Waals surface area contributed by atoms with Gasteiger partial charge < -0.3 is 15.2 Å². The first-order valence-electron chi connectivity index (χ1n) is 6.36. The molecule has 0 saturated heterocycles. The Bertz CT molecular complexity index is 490. The average Bonchev–Trinajstić information content (AvgIpc) is 2.42. The summed E-state index contributed by atoms with van der Waals surface area (Å²) < 4.78 is 5.92. The monoisotopic (exact) mass is 343 g/mol. The Hall–Kier alpha value is -1.56. The maximum Gasteiger partial charge on any atom is 0.326 e. The van der Waals surface area contributed by atoms with Crippen LogP contribution in [0.3, 0.4) is 0 Å². The second-order valence-electron chi connectivity index (χ2n) is 4.35. The zero-order valence-corrected chi connectivity index (χ0v) is 13.1. The van der Waals surface area contributed by atoms with Gasteiger partial charge in [-0.3, -0.25) is 4.79 Å². The number of methoxy groups -OCH3 is 1. The zero-order chi connectivity index (χ0) is 15.1. The van der Waals surface area contributed by atoms with Gasteiger partial charge in [0.1, 0.15) is 11.8 Å². The number of amides is 1. The number of carboxylic acids is 1. The third kappa shape index (κ3) is 4.52. The maximum atomic E-state index is 12.1. The largest absolute Gasteiger partial charge is 0.496 e. The fraction of sp³-hybridized carbons (Fsp3) is 0.429. The number of halogens is 1. The number of nitrogens with one attached hydrogen (secondary N) is 1. The van der Waals surface area contributed by atoms with Crippen molar-refractivity contribution in [2.45, 2.75) is 32.2 Å². The molecule has 0 radical (unpaired) electrons. The van der Waals surface area contributed by atoms with E-state index in [0.29, 0.717) is 17.7 Å². The van der Waals surface area contributed by atoms with E-state index < -0.39 is 17.9 Å². The number of rotatable bonds is 7. The molecule has 2 N–H and O–H groups in total. The fourth-order valence-electron chi connectivity index (χ4n) is 1.75. The van der Waals surface area contributed by atoms with E-state index in [4.69, 9.17) is 9.84 Å². The molecule has 6 heteroatoms. The van der Waals surface area contributed by atoms with Gasteiger partial charge in [0.05, 0.1) is 12.7 Å². The van der Waals surface area contributed by atoms with Crippen molar-refractivity contribution >= 4 is 27.8 Å². The summed E-state index contributed by atoms with van der Waals surface area (Å²) >= 11 is 3.29. The Balaban J connectivity index is 2.86. The van der Waals surface area contributed by atoms with Crippen molar-refractivity contribution in [3.63, 3.8) is 0 Å². The highest BCUT2D eigenvalue weighted by Gasteiger charge is 2.21. The van der Waals surface area contributed by atoms with Crippen LogP contribution in [0, 0.1) is 0 Å². The van der Waals surface area contributed by atoms with E-state index in [1.54, 1.807) is 18.2 Å². The highest BCUT2D eigenvalue weighted by Crippen LogP contribution is 2.23. The van der Waals surface area contributed by atoms with Crippen LogP contribution in [0.4, 0.5) is 0 Å². The molecule has 0 aliphatic rings. The van der Waals surface area contributed by atoms with E-state index >= 15 is 0 Å². The molecule has 0 saturated carbocycles. The number of carbonyl (C=O) groups is 2. The summed E-state index contributed by atoms with van der Waals surface area (Å²) in [6.07, 6.45) is 2.03. The van der Waals surface area contributed by atoms with Gasteiger partial charge in [-0.05, 0) is 24.6 Å². The summed E-state index contributed by atoms with van der Waals surface area (Å²) in [6.45, 7) is 1.97. The molecule has 0 aliphatic carbocycles. The van der Waals surface area contributed by atoms with Gasteiger partial charge in [-0.15, -0.1) is 0 Å². The van der Waals surface area contributed by atoms with Crippen LogP contribution >= 0.6 is 15.9 Å². The zero-order valence-electron chi connectivity index (χ0n) is 11.5. The van der Waals surface area contributed by atoms with Crippen LogP contribution < -0.4 is 10.1 Å². The lowest BCUT2D eigenvalue weighted by molar-refractivity contribution is -0.139. The molecule has 1 amide bonds. The number of hydrogen-bond acceptors (Lipinski definition) is 3. The highest BCUT2D eigenvalue weighted by atomic mass is 79.9. The summed E-state index contributed by atoms with van der Waals surface area (Å²) in [5, 5.41) is 11.6. The molecule has 1 rings (SSSR count). The number of hydrogen-bond donors (Lipinski definition) is 2. The SMILES string of the molecule is CCCCC(NC(=O)c1ccc(Br)cc1OC)C(=O)O. The van der Waals surface area contributed by atoms with E-state index in [-0.39, 0.29) is 0 Å². The highest BCUT2D eigenvalue weighted by molar-refractivity contribution is 9.10. The number of aliphatic carboxylic acids is 1. The molecular weight excluding hydrogens is 326 g/mol. The van der Waals surface area contributed by atoms with Gasteiger partial charge in [-0.1, -0.05) is 35.7 Å². The van der Waals surface area contributed by atoms with Crippen LogP contribution in [0.5, 0.6) is 5.75 Å². The second kappa shape index (κ2) is 7.89. The number of unbranched alkanes of at least 4 members (excludes halogenated alkanes) is 1. The molecule has 20 heavy (non-hydrogen) atoms. The molecular formula is C14H18BrNO4. The lowest BCUT2D eigenvalue weighted by Gasteiger charge is -2.15. The maximum absolute atomic E-state index is 12.1. The lowest BCUT2D eigenvalue weighted by atomic mass is 10.1. The van der Waals surface area contributed by atoms with Crippen molar-refractivity contribution in [1.29, 1.82) is 0 Å². The number of benzene rings is 1. The second-order valence-corrected chi connectivity index (χ2v) is 5.27. The molecule has 0 aliphatic heterocycles. The van der Waals surface area contributed by atoms with Gasteiger partial charge in [0.25, 0.3) is 5.91 Å². The van der Waals surface area contributed by atoms with Crippen LogP contribution in [0.25, 0.3) is 0 Å². The molecule has 0 bridgehead atoms. The van der Waals surface area contributed by atoms with Crippen LogP contribution in [0.1, 0.15) is 36.5 Å². The Kier molecular flexibility index (Phi) is 6.51. The van der Waals surface area contributed by atoms with Gasteiger partial charge >= 0.3 is 5.97 Å². The first-order chi connectivity index (χ1) is 9.49. The minimum absolute atomic E-state index is 0.318. The summed E-state index contributed by atoms with van der Waals surface area (Å²) in [5.41, 5.74) is 0.318. The molecule has 1 aromatic rings. The minimum atomic E-state index is -1.03. The summed E-state index contributed by atoms with van der Waals surface area (Å²) in [5.74, 6) is -1.07. The molecule has 0 heterocycles. The molecule has 0 fully saturated rings. The van der Waals surface area contributed by atoms with Crippen molar-refractivity contribution < 1.29 is 19.4 Å². The third-order valence-electron chi connectivity index (χ3n) is 2.86. The lowest BCUT2D eigenvalue weighted by Crippen LogP contribution is -2.40. The Morgan fingerprint density at radius 2 is 2.15 bits per heavy atom. The van der Waals surface area contributed by atoms with Crippen LogP contribution in [0.2, 0.25) is 0 Å². The first-order valence-corrected chi connectivity index (χ1v) is 7.16. The third-order valence-corrected chi connectivity index (χ3v) is 3.35. The Morgan fingerprint density at radius 3 is 2.70 bits per heavy atom. The molecule has 5 nitrogen and oxygen atoms in total. The van der Waals surface area contributed by atoms with Gasteiger partial charge in [-0.25, -0.2) is 4.79 Å². The topological polar surface area (TPSA) is 75.6 Å². The number of carbonyl (C=O) groups excluding carboxylic acids is 1. The predicted octanol–water partition coefficient (Wildman–Crippen LogP) is 2.83. The van der Waals surface area contributed by atoms with Crippen LogP contribution in [-0.4, -0.2) is 30.1 Å². The molecule has 110 valence electrons. The predicted molar refractivity (Wildman–Crippen MR) is 79.1 cm³/mol. The van der Waals surface area contributed by atoms with E-state index in [1.165, 1.54) is 7.11 Å². The van der Waals surface area contributed by atoms with E-state index in [0.717, 1.165) is 17.3 Å². The Morgan fingerprint density at radius 1 is 1.45 bits per heavy atom. The standard InChI is InChI=1S/C14H18BrNO4/c1-3-4-5-11(14(18)19)16-13(17)10-7-6-9(15)8-12(10)20-2/h6-8,11H,3-5H2,1-2H3,(H,16,17)(H,18,19). The van der Waals surface area contributed by atoms with Crippen molar-refractivity contribution in [3.8, 4) is 5.75 Å². The van der Waals surface area contributed by atoms with Gasteiger partial charge in [0.15, 0.2) is 0 Å². The molecule has 1 aromatic carbocycles. The minimum Gasteiger partial charge on any atom is -0.496 e. The fourth-order valence-corrected chi connectivity index (χ4v) is 2.09. The van der Waals surface area contributed by atoms with Gasteiger partial charge in [0.2, 0.25) is 0 Å². The first kappa shape index (κ1) is 16.5. The van der Waals surface area contributed by atoms with Crippen molar-refractivity contribution in [2.75, 3.05) is 7.11 Å². The summed E-state index contributed by atoms with van der Waals surface area (Å²) in [4.78, 5) is 23.3. The van der Waals surface area contributed by atoms with E-state index in [2.05, 4.69) is 21.2 Å². The smallest absolute Gasteiger partial charge is 0.326 e. The molecule has 0 spiro atoms. The van der Waals surface area contributed by atoms with E-state index in [9.17, 15) is 9.59 Å². The molecule has 1 atom stereocenters. The molecule has 0 aromatic heterocycles. The molecule has 1 unspecified atom stereocenters. The number of carboxylic acid groups (broad SMARTS) is 1. The average molecular weight is 344 g/mol. The van der Waals surface area contributed by atoms with Gasteiger partial charge in [-0.2, -0.15) is 0 Å². The normalized spacial score (nSPS) is 11.8. The van der Waals surface area contributed by atoms with Gasteiger partial charge in [0, 0.05) is 4.47 Å². The van der Waals surface area contributed by atoms with Crippen LogP contribution in [0.15, 0.2) is 22.7 Å². The van der Waals surface area contributed by atoms with E-state index in [1.807, 2.05) is 6.92 Å². The van der Waals surface area contributed by atoms with Crippen molar-refractivity contribution in [1.82, 2.24) is 5.32 Å². The van der Waals surface area contributed by atoms with Crippen molar-refractivity contribution in [2.24, 2.45) is 0 Å². The Labute approximate surface area is 126 Å². The van der Waals surface area contributed by atoms with Crippen molar-refractivity contribution in [3.05, 3.63) is 28.2 Å². The summed E-state index contributed by atoms with van der Waals surface area (Å²) in [6, 6.07) is 4.09. The number of ether oxygens (including phenoxy) is 1. The summed E-state index contributed by atoms with van der Waals surface area (Å²) in [7, 11) is 1.46. The quantitative estimate of drug-likeness (QED) is 0.798.